The van der Waals surface area contributed by atoms with E-state index in [1.807, 2.05) is 41.4 Å². The molecule has 0 bridgehead atoms. The Bertz CT molecular complexity index is 928. The third-order valence-corrected chi connectivity index (χ3v) is 5.27. The molecule has 5 nitrogen and oxygen atoms in total. The molecule has 0 radical (unpaired) electrons. The Morgan fingerprint density at radius 3 is 2.61 bits per heavy atom. The van der Waals surface area contributed by atoms with Gasteiger partial charge in [0, 0.05) is 28.5 Å². The van der Waals surface area contributed by atoms with E-state index < -0.39 is 0 Å². The van der Waals surface area contributed by atoms with Crippen LogP contribution < -0.4 is 9.75 Å². The molecular formula is C21H20Cl2N4O. The van der Waals surface area contributed by atoms with E-state index in [9.17, 15) is 0 Å². The van der Waals surface area contributed by atoms with Gasteiger partial charge < -0.3 is 4.74 Å². The van der Waals surface area contributed by atoms with Gasteiger partial charge in [0.05, 0.1) is 18.4 Å². The number of nitrogens with zero attached hydrogens (tertiary/aromatic N) is 4. The van der Waals surface area contributed by atoms with E-state index in [1.165, 1.54) is 0 Å². The number of hydrogen-bond acceptors (Lipinski definition) is 5. The molecule has 144 valence electrons. The van der Waals surface area contributed by atoms with Crippen molar-refractivity contribution >= 4 is 34.7 Å². The number of anilines is 1. The van der Waals surface area contributed by atoms with Gasteiger partial charge in [0.15, 0.2) is 5.82 Å². The van der Waals surface area contributed by atoms with Crippen LogP contribution in [0.25, 0.3) is 0 Å². The lowest BCUT2D eigenvalue weighted by molar-refractivity contribution is 0.301. The molecule has 7 heteroatoms. The lowest BCUT2D eigenvalue weighted by Gasteiger charge is -2.23. The van der Waals surface area contributed by atoms with Gasteiger partial charge in [0.1, 0.15) is 0 Å². The zero-order valence-electron chi connectivity index (χ0n) is 15.4. The van der Waals surface area contributed by atoms with E-state index in [-0.39, 0.29) is 12.0 Å². The van der Waals surface area contributed by atoms with Crippen LogP contribution in [0.2, 0.25) is 10.0 Å². The maximum atomic E-state index is 6.51. The summed E-state index contributed by atoms with van der Waals surface area (Å²) in [5.41, 5.74) is 2.03. The number of ether oxygens (including phenoxy) is 1. The summed E-state index contributed by atoms with van der Waals surface area (Å²) in [6, 6.07) is 9.19. The SMILES string of the molecule is CCCOc1ccc(N2N=C(C3C=CC=C3)CC2c2ccc(Cl)cc2Cl)nn1. The molecule has 1 aliphatic heterocycles. The van der Waals surface area contributed by atoms with Gasteiger partial charge in [-0.1, -0.05) is 60.5 Å². The molecule has 0 saturated heterocycles. The monoisotopic (exact) mass is 414 g/mol. The fourth-order valence-electron chi connectivity index (χ4n) is 3.33. The Morgan fingerprint density at radius 2 is 1.93 bits per heavy atom. The summed E-state index contributed by atoms with van der Waals surface area (Å²) in [6.45, 7) is 2.66. The second-order valence-electron chi connectivity index (χ2n) is 6.70. The summed E-state index contributed by atoms with van der Waals surface area (Å²) in [6.07, 6.45) is 10.0. The lowest BCUT2D eigenvalue weighted by Crippen LogP contribution is -2.20. The fourth-order valence-corrected chi connectivity index (χ4v) is 3.87. The van der Waals surface area contributed by atoms with Crippen molar-refractivity contribution in [3.63, 3.8) is 0 Å². The fraction of sp³-hybridized carbons (Fsp3) is 0.286. The quantitative estimate of drug-likeness (QED) is 0.614. The van der Waals surface area contributed by atoms with Crippen LogP contribution in [0.1, 0.15) is 31.4 Å². The van der Waals surface area contributed by atoms with Crippen LogP contribution >= 0.6 is 23.2 Å². The summed E-state index contributed by atoms with van der Waals surface area (Å²) in [5, 5.41) is 16.5. The molecule has 4 rings (SSSR count). The molecule has 0 spiro atoms. The van der Waals surface area contributed by atoms with E-state index in [1.54, 1.807) is 6.07 Å². The number of aromatic nitrogens is 2. The third-order valence-electron chi connectivity index (χ3n) is 4.70. The Balaban J connectivity index is 1.66. The number of allylic oxidation sites excluding steroid dienone is 4. The molecule has 0 N–H and O–H groups in total. The molecule has 1 unspecified atom stereocenters. The van der Waals surface area contributed by atoms with Gasteiger partial charge in [-0.25, -0.2) is 5.01 Å². The van der Waals surface area contributed by atoms with Crippen molar-refractivity contribution in [3.8, 4) is 5.88 Å². The minimum absolute atomic E-state index is 0.0705. The summed E-state index contributed by atoms with van der Waals surface area (Å²) in [4.78, 5) is 0. The zero-order valence-corrected chi connectivity index (χ0v) is 16.9. The standard InChI is InChI=1S/C21H20Cl2N4O/c1-2-11-28-21-10-9-20(24-25-21)27-19(16-8-7-15(22)12-17(16)23)13-18(26-27)14-5-3-4-6-14/h3-10,12,14,19H,2,11,13H2,1H3. The van der Waals surface area contributed by atoms with Gasteiger partial charge >= 0.3 is 0 Å². The average Bonchev–Trinajstić information content (AvgIpc) is 3.37. The molecule has 0 fully saturated rings. The summed E-state index contributed by atoms with van der Waals surface area (Å²) in [7, 11) is 0. The van der Waals surface area contributed by atoms with Crippen LogP contribution in [-0.4, -0.2) is 22.5 Å². The van der Waals surface area contributed by atoms with Crippen LogP contribution in [0.15, 0.2) is 59.7 Å². The van der Waals surface area contributed by atoms with Crippen molar-refractivity contribution in [2.45, 2.75) is 25.8 Å². The number of hydrogen-bond donors (Lipinski definition) is 0. The summed E-state index contributed by atoms with van der Waals surface area (Å²) < 4.78 is 5.54. The Kier molecular flexibility index (Phi) is 5.64. The van der Waals surface area contributed by atoms with Crippen molar-refractivity contribution in [2.24, 2.45) is 11.0 Å². The maximum Gasteiger partial charge on any atom is 0.233 e. The molecule has 0 saturated carbocycles. The first-order valence-corrected chi connectivity index (χ1v) is 10.0. The normalized spacial score (nSPS) is 18.8. The van der Waals surface area contributed by atoms with E-state index in [0.717, 1.165) is 24.1 Å². The summed E-state index contributed by atoms with van der Waals surface area (Å²) >= 11 is 12.6. The Hall–Kier alpha value is -2.37. The van der Waals surface area contributed by atoms with Gasteiger partial charge in [-0.15, -0.1) is 10.2 Å². The van der Waals surface area contributed by atoms with Crippen molar-refractivity contribution in [3.05, 3.63) is 70.2 Å². The zero-order chi connectivity index (χ0) is 19.5. The second kappa shape index (κ2) is 8.33. The summed E-state index contributed by atoms with van der Waals surface area (Å²) in [5.74, 6) is 1.36. The van der Waals surface area contributed by atoms with Gasteiger partial charge in [-0.3, -0.25) is 0 Å². The molecule has 1 aromatic carbocycles. The number of halogens is 2. The molecule has 1 atom stereocenters. The van der Waals surface area contributed by atoms with E-state index in [4.69, 9.17) is 33.0 Å². The predicted octanol–water partition coefficient (Wildman–Crippen LogP) is 5.62. The smallest absolute Gasteiger partial charge is 0.233 e. The first-order valence-electron chi connectivity index (χ1n) is 9.29. The first-order chi connectivity index (χ1) is 13.7. The highest BCUT2D eigenvalue weighted by Crippen LogP contribution is 2.40. The van der Waals surface area contributed by atoms with Crippen LogP contribution in [0.5, 0.6) is 5.88 Å². The Labute approximate surface area is 174 Å². The number of hydrazone groups is 1. The van der Waals surface area contributed by atoms with Crippen LogP contribution in [0, 0.1) is 5.92 Å². The highest BCUT2D eigenvalue weighted by Gasteiger charge is 2.34. The van der Waals surface area contributed by atoms with E-state index in [0.29, 0.717) is 28.3 Å². The Morgan fingerprint density at radius 1 is 1.11 bits per heavy atom. The van der Waals surface area contributed by atoms with E-state index >= 15 is 0 Å². The van der Waals surface area contributed by atoms with Crippen LogP contribution in [-0.2, 0) is 0 Å². The van der Waals surface area contributed by atoms with E-state index in [2.05, 4.69) is 29.3 Å². The van der Waals surface area contributed by atoms with Gasteiger partial charge in [0.25, 0.3) is 0 Å². The minimum atomic E-state index is -0.0705. The molecule has 2 aliphatic rings. The van der Waals surface area contributed by atoms with Crippen LogP contribution in [0.3, 0.4) is 0 Å². The number of rotatable bonds is 6. The highest BCUT2D eigenvalue weighted by molar-refractivity contribution is 6.35. The first kappa shape index (κ1) is 19.0. The van der Waals surface area contributed by atoms with Crippen molar-refractivity contribution in [1.29, 1.82) is 0 Å². The van der Waals surface area contributed by atoms with Crippen LogP contribution in [0.4, 0.5) is 5.82 Å². The number of benzene rings is 1. The highest BCUT2D eigenvalue weighted by atomic mass is 35.5. The average molecular weight is 415 g/mol. The molecule has 0 amide bonds. The molecule has 28 heavy (non-hydrogen) atoms. The molecule has 1 aliphatic carbocycles. The van der Waals surface area contributed by atoms with Gasteiger partial charge in [0.2, 0.25) is 5.88 Å². The van der Waals surface area contributed by atoms with Gasteiger partial charge in [-0.2, -0.15) is 5.10 Å². The molecule has 1 aromatic heterocycles. The van der Waals surface area contributed by atoms with Crippen molar-refractivity contribution in [1.82, 2.24) is 10.2 Å². The topological polar surface area (TPSA) is 50.6 Å². The predicted molar refractivity (Wildman–Crippen MR) is 113 cm³/mol. The molecular weight excluding hydrogens is 395 g/mol. The van der Waals surface area contributed by atoms with Crippen molar-refractivity contribution in [2.75, 3.05) is 11.6 Å². The lowest BCUT2D eigenvalue weighted by atomic mass is 9.95. The van der Waals surface area contributed by atoms with Gasteiger partial charge in [-0.05, 0) is 30.2 Å². The molecule has 2 aromatic rings. The largest absolute Gasteiger partial charge is 0.477 e. The second-order valence-corrected chi connectivity index (χ2v) is 7.54. The van der Waals surface area contributed by atoms with Crippen molar-refractivity contribution < 1.29 is 4.74 Å². The molecule has 2 heterocycles. The maximum absolute atomic E-state index is 6.51. The minimum Gasteiger partial charge on any atom is -0.477 e. The third kappa shape index (κ3) is 3.91.